The van der Waals surface area contributed by atoms with Crippen molar-refractivity contribution in [3.63, 3.8) is 0 Å². The zero-order chi connectivity index (χ0) is 19.2. The van der Waals surface area contributed by atoms with E-state index in [0.29, 0.717) is 23.9 Å². The molecule has 5 heteroatoms. The highest BCUT2D eigenvalue weighted by Gasteiger charge is 2.35. The molecule has 2 amide bonds. The molecular weight excluding hydrogens is 328 g/mol. The summed E-state index contributed by atoms with van der Waals surface area (Å²) in [6.45, 7) is 7.79. The number of ether oxygens (including phenoxy) is 1. The fraction of sp³-hybridized carbons (Fsp3) is 0.333. The molecule has 26 heavy (non-hydrogen) atoms. The monoisotopic (exact) mass is 354 g/mol. The summed E-state index contributed by atoms with van der Waals surface area (Å²) in [5.41, 5.74) is -0.547. The largest absolute Gasteiger partial charge is 0.457 e. The Balaban J connectivity index is 1.97. The van der Waals surface area contributed by atoms with Crippen molar-refractivity contribution < 1.29 is 14.3 Å². The van der Waals surface area contributed by atoms with E-state index in [1.165, 1.54) is 0 Å². The molecule has 2 rings (SSSR count). The first kappa shape index (κ1) is 19.5. The molecule has 138 valence electrons. The first-order valence-electron chi connectivity index (χ1n) is 8.72. The standard InChI is InChI=1S/C21H26N2O3/c1-15(2)14-22-19(24)21(3,4)20(25)23-16-10-12-18(13-11-16)26-17-8-6-5-7-9-17/h5-13,15H,14H2,1-4H3,(H,22,24)(H,23,25). The summed E-state index contributed by atoms with van der Waals surface area (Å²) < 4.78 is 5.72. The molecule has 0 heterocycles. The van der Waals surface area contributed by atoms with Crippen LogP contribution in [0.1, 0.15) is 27.7 Å². The van der Waals surface area contributed by atoms with Crippen LogP contribution >= 0.6 is 0 Å². The SMILES string of the molecule is CC(C)CNC(=O)C(C)(C)C(=O)Nc1ccc(Oc2ccccc2)cc1. The molecule has 0 saturated carbocycles. The van der Waals surface area contributed by atoms with E-state index in [0.717, 1.165) is 5.75 Å². The predicted octanol–water partition coefficient (Wildman–Crippen LogP) is 4.22. The highest BCUT2D eigenvalue weighted by molar-refractivity contribution is 6.09. The Labute approximate surface area is 154 Å². The van der Waals surface area contributed by atoms with E-state index < -0.39 is 5.41 Å². The van der Waals surface area contributed by atoms with Gasteiger partial charge in [0.25, 0.3) is 0 Å². The van der Waals surface area contributed by atoms with E-state index in [9.17, 15) is 9.59 Å². The lowest BCUT2D eigenvalue weighted by Gasteiger charge is -2.23. The molecular formula is C21H26N2O3. The first-order valence-corrected chi connectivity index (χ1v) is 8.72. The van der Waals surface area contributed by atoms with Crippen molar-refractivity contribution in [2.24, 2.45) is 11.3 Å². The molecule has 0 fully saturated rings. The lowest BCUT2D eigenvalue weighted by atomic mass is 9.90. The Hall–Kier alpha value is -2.82. The van der Waals surface area contributed by atoms with Crippen LogP contribution in [0.4, 0.5) is 5.69 Å². The number of benzene rings is 2. The predicted molar refractivity (Wildman–Crippen MR) is 103 cm³/mol. The number of hydrogen-bond donors (Lipinski definition) is 2. The molecule has 5 nitrogen and oxygen atoms in total. The summed E-state index contributed by atoms with van der Waals surface area (Å²) in [7, 11) is 0. The van der Waals surface area contributed by atoms with Crippen LogP contribution in [-0.2, 0) is 9.59 Å². The number of amides is 2. The van der Waals surface area contributed by atoms with Gasteiger partial charge in [-0.15, -0.1) is 0 Å². The van der Waals surface area contributed by atoms with Crippen LogP contribution in [0.5, 0.6) is 11.5 Å². The topological polar surface area (TPSA) is 67.4 Å². The molecule has 2 N–H and O–H groups in total. The van der Waals surface area contributed by atoms with Crippen molar-refractivity contribution in [2.45, 2.75) is 27.7 Å². The smallest absolute Gasteiger partial charge is 0.239 e. The summed E-state index contributed by atoms with van der Waals surface area (Å²) in [6.07, 6.45) is 0. The summed E-state index contributed by atoms with van der Waals surface area (Å²) in [5, 5.41) is 5.59. The highest BCUT2D eigenvalue weighted by atomic mass is 16.5. The molecule has 0 aliphatic heterocycles. The summed E-state index contributed by atoms with van der Waals surface area (Å²) in [4.78, 5) is 24.8. The van der Waals surface area contributed by atoms with Crippen LogP contribution in [-0.4, -0.2) is 18.4 Å². The van der Waals surface area contributed by atoms with E-state index in [4.69, 9.17) is 4.74 Å². The van der Waals surface area contributed by atoms with E-state index in [1.807, 2.05) is 44.2 Å². The Kier molecular flexibility index (Phi) is 6.39. The summed E-state index contributed by atoms with van der Waals surface area (Å²) in [6, 6.07) is 16.5. The molecule has 0 saturated heterocycles. The summed E-state index contributed by atoms with van der Waals surface area (Å²) >= 11 is 0. The molecule has 0 aliphatic carbocycles. The minimum absolute atomic E-state index is 0.285. The van der Waals surface area contributed by atoms with Gasteiger partial charge in [-0.1, -0.05) is 32.0 Å². The zero-order valence-corrected chi connectivity index (χ0v) is 15.7. The second kappa shape index (κ2) is 8.52. The van der Waals surface area contributed by atoms with Gasteiger partial charge < -0.3 is 15.4 Å². The second-order valence-corrected chi connectivity index (χ2v) is 7.12. The van der Waals surface area contributed by atoms with Crippen molar-refractivity contribution in [1.82, 2.24) is 5.32 Å². The third kappa shape index (κ3) is 5.34. The van der Waals surface area contributed by atoms with Crippen LogP contribution < -0.4 is 15.4 Å². The third-order valence-electron chi connectivity index (χ3n) is 3.90. The van der Waals surface area contributed by atoms with Gasteiger partial charge in [0.05, 0.1) is 0 Å². The number of anilines is 1. The van der Waals surface area contributed by atoms with Crippen molar-refractivity contribution in [2.75, 3.05) is 11.9 Å². The van der Waals surface area contributed by atoms with Gasteiger partial charge in [-0.25, -0.2) is 0 Å². The Morgan fingerprint density at radius 2 is 1.50 bits per heavy atom. The fourth-order valence-corrected chi connectivity index (χ4v) is 2.14. The van der Waals surface area contributed by atoms with E-state index >= 15 is 0 Å². The number of carbonyl (C=O) groups excluding carboxylic acids is 2. The lowest BCUT2D eigenvalue weighted by molar-refractivity contribution is -0.138. The van der Waals surface area contributed by atoms with Gasteiger partial charge in [0.1, 0.15) is 16.9 Å². The normalized spacial score (nSPS) is 11.1. The second-order valence-electron chi connectivity index (χ2n) is 7.12. The van der Waals surface area contributed by atoms with Gasteiger partial charge in [-0.3, -0.25) is 9.59 Å². The van der Waals surface area contributed by atoms with Gasteiger partial charge in [-0.2, -0.15) is 0 Å². The number of carbonyl (C=O) groups is 2. The van der Waals surface area contributed by atoms with Crippen molar-refractivity contribution in [1.29, 1.82) is 0 Å². The van der Waals surface area contributed by atoms with Gasteiger partial charge in [-0.05, 0) is 56.2 Å². The Morgan fingerprint density at radius 1 is 0.923 bits per heavy atom. The molecule has 2 aromatic rings. The molecule has 0 spiro atoms. The van der Waals surface area contributed by atoms with Crippen molar-refractivity contribution in [3.8, 4) is 11.5 Å². The third-order valence-corrected chi connectivity index (χ3v) is 3.90. The van der Waals surface area contributed by atoms with Crippen LogP contribution in [0, 0.1) is 11.3 Å². The van der Waals surface area contributed by atoms with E-state index in [-0.39, 0.29) is 11.8 Å². The average molecular weight is 354 g/mol. The number of hydrogen-bond acceptors (Lipinski definition) is 3. The number of rotatable bonds is 7. The molecule has 0 aromatic heterocycles. The maximum absolute atomic E-state index is 12.5. The van der Waals surface area contributed by atoms with E-state index in [2.05, 4.69) is 10.6 Å². The maximum atomic E-state index is 12.5. The minimum Gasteiger partial charge on any atom is -0.457 e. The van der Waals surface area contributed by atoms with Crippen molar-refractivity contribution >= 4 is 17.5 Å². The van der Waals surface area contributed by atoms with Crippen molar-refractivity contribution in [3.05, 3.63) is 54.6 Å². The summed E-state index contributed by atoms with van der Waals surface area (Å²) in [5.74, 6) is 1.11. The Bertz CT molecular complexity index is 738. The minimum atomic E-state index is -1.16. The van der Waals surface area contributed by atoms with Gasteiger partial charge >= 0.3 is 0 Å². The molecule has 0 atom stereocenters. The Morgan fingerprint density at radius 3 is 2.08 bits per heavy atom. The number of nitrogens with one attached hydrogen (secondary N) is 2. The van der Waals surface area contributed by atoms with Gasteiger partial charge in [0.2, 0.25) is 11.8 Å². The quantitative estimate of drug-likeness (QED) is 0.732. The molecule has 0 radical (unpaired) electrons. The van der Waals surface area contributed by atoms with Crippen LogP contribution in [0.2, 0.25) is 0 Å². The molecule has 0 aliphatic rings. The van der Waals surface area contributed by atoms with Crippen LogP contribution in [0.3, 0.4) is 0 Å². The fourth-order valence-electron chi connectivity index (χ4n) is 2.14. The van der Waals surface area contributed by atoms with Gasteiger partial charge in [0.15, 0.2) is 0 Å². The van der Waals surface area contributed by atoms with Gasteiger partial charge in [0, 0.05) is 12.2 Å². The van der Waals surface area contributed by atoms with Crippen LogP contribution in [0.25, 0.3) is 0 Å². The van der Waals surface area contributed by atoms with Crippen LogP contribution in [0.15, 0.2) is 54.6 Å². The average Bonchev–Trinajstić information content (AvgIpc) is 2.62. The lowest BCUT2D eigenvalue weighted by Crippen LogP contribution is -2.46. The zero-order valence-electron chi connectivity index (χ0n) is 15.7. The van der Waals surface area contributed by atoms with E-state index in [1.54, 1.807) is 38.1 Å². The number of para-hydroxylation sites is 1. The molecule has 2 aromatic carbocycles. The molecule has 0 unspecified atom stereocenters. The first-order chi connectivity index (χ1) is 12.3. The maximum Gasteiger partial charge on any atom is 0.239 e. The molecule has 0 bridgehead atoms. The highest BCUT2D eigenvalue weighted by Crippen LogP contribution is 2.24.